The highest BCUT2D eigenvalue weighted by Gasteiger charge is 2.35. The van der Waals surface area contributed by atoms with E-state index in [4.69, 9.17) is 39.2 Å². The Hall–Kier alpha value is -2.25. The van der Waals surface area contributed by atoms with Gasteiger partial charge in [0.2, 0.25) is 0 Å². The number of halogens is 4. The average molecular weight is 483 g/mol. The van der Waals surface area contributed by atoms with Gasteiger partial charge in [0.25, 0.3) is 11.1 Å². The van der Waals surface area contributed by atoms with E-state index >= 15 is 0 Å². The molecule has 3 aromatic rings. The van der Waals surface area contributed by atoms with Crippen LogP contribution in [-0.4, -0.2) is 16.0 Å². The fraction of sp³-hybridized carbons (Fsp3) is 0.0476. The third-order valence-electron chi connectivity index (χ3n) is 4.31. The summed E-state index contributed by atoms with van der Waals surface area (Å²) >= 11 is 18.9. The Labute approximate surface area is 190 Å². The smallest absolute Gasteiger partial charge is 0.293 e. The highest BCUT2D eigenvalue weighted by molar-refractivity contribution is 8.18. The first-order valence-corrected chi connectivity index (χ1v) is 10.5. The molecule has 0 atom stereocenters. The number of carbonyl (C=O) groups is 2. The molecular weight excluding hydrogens is 472 g/mol. The van der Waals surface area contributed by atoms with Crippen LogP contribution in [0.25, 0.3) is 17.4 Å². The number of furan rings is 1. The Kier molecular flexibility index (Phi) is 5.93. The van der Waals surface area contributed by atoms with Crippen molar-refractivity contribution in [1.29, 1.82) is 0 Å². The largest absolute Gasteiger partial charge is 0.457 e. The minimum atomic E-state index is -0.493. The van der Waals surface area contributed by atoms with Gasteiger partial charge in [-0.1, -0.05) is 40.9 Å². The summed E-state index contributed by atoms with van der Waals surface area (Å²) in [5.74, 6) is -0.0818. The van der Waals surface area contributed by atoms with Crippen molar-refractivity contribution in [3.63, 3.8) is 0 Å². The van der Waals surface area contributed by atoms with Gasteiger partial charge >= 0.3 is 0 Å². The Balaban J connectivity index is 1.56. The minimum absolute atomic E-state index is 0.0507. The van der Waals surface area contributed by atoms with Crippen molar-refractivity contribution < 1.29 is 18.4 Å². The lowest BCUT2D eigenvalue weighted by Gasteiger charge is -2.13. The summed E-state index contributed by atoms with van der Waals surface area (Å²) in [5, 5.41) is 0.637. The van der Waals surface area contributed by atoms with Crippen LogP contribution < -0.4 is 0 Å². The molecule has 9 heteroatoms. The highest BCUT2D eigenvalue weighted by Crippen LogP contribution is 2.36. The van der Waals surface area contributed by atoms with E-state index < -0.39 is 17.0 Å². The van der Waals surface area contributed by atoms with E-state index in [9.17, 15) is 14.0 Å². The third kappa shape index (κ3) is 4.27. The van der Waals surface area contributed by atoms with Crippen LogP contribution in [0.1, 0.15) is 11.3 Å². The maximum absolute atomic E-state index is 13.2. The summed E-state index contributed by atoms with van der Waals surface area (Å²) in [6.07, 6.45) is 1.49. The van der Waals surface area contributed by atoms with Crippen molar-refractivity contribution in [1.82, 2.24) is 4.90 Å². The van der Waals surface area contributed by atoms with Gasteiger partial charge in [0.15, 0.2) is 0 Å². The second-order valence-corrected chi connectivity index (χ2v) is 8.57. The summed E-state index contributed by atoms with van der Waals surface area (Å²) in [4.78, 5) is 26.3. The van der Waals surface area contributed by atoms with E-state index in [1.54, 1.807) is 30.3 Å². The molecule has 0 spiro atoms. The molecule has 30 heavy (non-hydrogen) atoms. The fourth-order valence-corrected chi connectivity index (χ4v) is 4.40. The minimum Gasteiger partial charge on any atom is -0.457 e. The Morgan fingerprint density at radius 1 is 1.00 bits per heavy atom. The van der Waals surface area contributed by atoms with E-state index in [-0.39, 0.29) is 16.5 Å². The number of carbonyl (C=O) groups excluding carboxylic acids is 2. The maximum Gasteiger partial charge on any atom is 0.293 e. The number of hydrogen-bond acceptors (Lipinski definition) is 4. The standard InChI is InChI=1S/C21H11Cl3FNO3S/c22-12-2-5-15(17(24)7-12)18-6-4-14(29-18)9-19-20(27)26(21(28)30-19)10-11-1-3-13(25)8-16(11)23/h1-9H,10H2/b19-9+. The molecule has 1 aliphatic rings. The van der Waals surface area contributed by atoms with Gasteiger partial charge in [-0.2, -0.15) is 0 Å². The highest BCUT2D eigenvalue weighted by atomic mass is 35.5. The fourth-order valence-electron chi connectivity index (χ4n) is 2.85. The van der Waals surface area contributed by atoms with Gasteiger partial charge in [-0.05, 0) is 59.8 Å². The lowest BCUT2D eigenvalue weighted by Crippen LogP contribution is -2.27. The monoisotopic (exact) mass is 481 g/mol. The van der Waals surface area contributed by atoms with Crippen molar-refractivity contribution in [2.75, 3.05) is 0 Å². The molecule has 0 radical (unpaired) electrons. The van der Waals surface area contributed by atoms with Gasteiger partial charge in [-0.25, -0.2) is 4.39 Å². The zero-order valence-corrected chi connectivity index (χ0v) is 18.1. The van der Waals surface area contributed by atoms with Gasteiger partial charge in [0.1, 0.15) is 17.3 Å². The number of hydrogen-bond donors (Lipinski definition) is 0. The van der Waals surface area contributed by atoms with E-state index in [0.29, 0.717) is 32.7 Å². The van der Waals surface area contributed by atoms with E-state index in [0.717, 1.165) is 22.7 Å². The molecule has 2 aromatic carbocycles. The lowest BCUT2D eigenvalue weighted by atomic mass is 10.2. The molecule has 0 bridgehead atoms. The lowest BCUT2D eigenvalue weighted by molar-refractivity contribution is -0.123. The Bertz CT molecular complexity index is 1210. The number of rotatable bonds is 4. The first-order chi connectivity index (χ1) is 14.3. The second kappa shape index (κ2) is 8.47. The van der Waals surface area contributed by atoms with E-state index in [1.165, 1.54) is 18.2 Å². The van der Waals surface area contributed by atoms with Gasteiger partial charge in [-0.3, -0.25) is 14.5 Å². The van der Waals surface area contributed by atoms with Crippen LogP contribution in [0.2, 0.25) is 15.1 Å². The second-order valence-electron chi connectivity index (χ2n) is 6.33. The Morgan fingerprint density at radius 2 is 1.80 bits per heavy atom. The van der Waals surface area contributed by atoms with Gasteiger partial charge in [0, 0.05) is 21.7 Å². The van der Waals surface area contributed by atoms with Crippen LogP contribution in [0.4, 0.5) is 9.18 Å². The maximum atomic E-state index is 13.2. The number of amides is 2. The number of thioether (sulfide) groups is 1. The van der Waals surface area contributed by atoms with Crippen molar-refractivity contribution in [3.05, 3.63) is 85.6 Å². The first kappa shape index (κ1) is 21.0. The van der Waals surface area contributed by atoms with Crippen LogP contribution in [0.15, 0.2) is 57.9 Å². The molecule has 1 fully saturated rings. The zero-order chi connectivity index (χ0) is 21.4. The summed E-state index contributed by atoms with van der Waals surface area (Å²) in [7, 11) is 0. The van der Waals surface area contributed by atoms with Crippen molar-refractivity contribution in [2.45, 2.75) is 6.54 Å². The quantitative estimate of drug-likeness (QED) is 0.367. The molecule has 152 valence electrons. The molecule has 0 N–H and O–H groups in total. The van der Waals surface area contributed by atoms with Crippen molar-refractivity contribution in [2.24, 2.45) is 0 Å². The molecule has 0 aliphatic carbocycles. The first-order valence-electron chi connectivity index (χ1n) is 8.56. The van der Waals surface area contributed by atoms with Crippen molar-refractivity contribution >= 4 is 63.8 Å². The van der Waals surface area contributed by atoms with E-state index in [1.807, 2.05) is 0 Å². The van der Waals surface area contributed by atoms with Crippen LogP contribution in [0.5, 0.6) is 0 Å². The topological polar surface area (TPSA) is 50.5 Å². The predicted octanol–water partition coefficient (Wildman–Crippen LogP) is 7.28. The van der Waals surface area contributed by atoms with Crippen LogP contribution in [-0.2, 0) is 11.3 Å². The third-order valence-corrected chi connectivity index (χ3v) is 6.12. The average Bonchev–Trinajstić information content (AvgIpc) is 3.24. The number of imide groups is 1. The number of nitrogens with zero attached hydrogens (tertiary/aromatic N) is 1. The van der Waals surface area contributed by atoms with Gasteiger partial charge in [0.05, 0.1) is 16.5 Å². The molecule has 0 saturated carbocycles. The van der Waals surface area contributed by atoms with E-state index in [2.05, 4.69) is 0 Å². The molecule has 4 nitrogen and oxygen atoms in total. The predicted molar refractivity (Wildman–Crippen MR) is 117 cm³/mol. The molecule has 2 heterocycles. The summed E-state index contributed by atoms with van der Waals surface area (Å²) < 4.78 is 19.0. The summed E-state index contributed by atoms with van der Waals surface area (Å²) in [6.45, 7) is -0.0507. The Morgan fingerprint density at radius 3 is 2.53 bits per heavy atom. The SMILES string of the molecule is O=C1S/C(=C/c2ccc(-c3ccc(Cl)cc3Cl)o2)C(=O)N1Cc1ccc(F)cc1Cl. The molecule has 4 rings (SSSR count). The molecule has 2 amide bonds. The summed E-state index contributed by atoms with van der Waals surface area (Å²) in [6, 6.07) is 12.2. The van der Waals surface area contributed by atoms with Crippen LogP contribution >= 0.6 is 46.6 Å². The zero-order valence-electron chi connectivity index (χ0n) is 15.0. The molecule has 1 saturated heterocycles. The van der Waals surface area contributed by atoms with Crippen LogP contribution in [0, 0.1) is 5.82 Å². The normalized spacial score (nSPS) is 15.5. The molecular formula is C21H11Cl3FNO3S. The van der Waals surface area contributed by atoms with Gasteiger partial charge < -0.3 is 4.42 Å². The molecule has 1 aromatic heterocycles. The summed E-state index contributed by atoms with van der Waals surface area (Å²) in [5.41, 5.74) is 1.12. The van der Waals surface area contributed by atoms with Crippen LogP contribution in [0.3, 0.4) is 0 Å². The van der Waals surface area contributed by atoms with Crippen molar-refractivity contribution in [3.8, 4) is 11.3 Å². The number of benzene rings is 2. The van der Waals surface area contributed by atoms with Gasteiger partial charge in [-0.15, -0.1) is 0 Å². The molecule has 1 aliphatic heterocycles. The molecule has 0 unspecified atom stereocenters.